The maximum Gasteiger partial charge on any atom is 0.180 e. The highest BCUT2D eigenvalue weighted by Crippen LogP contribution is 2.33. The molecule has 0 fully saturated rings. The van der Waals surface area contributed by atoms with Gasteiger partial charge in [-0.05, 0) is 29.6 Å². The molecule has 3 aromatic rings. The van der Waals surface area contributed by atoms with Crippen molar-refractivity contribution in [2.75, 3.05) is 5.88 Å². The molecule has 0 radical (unpaired) electrons. The number of H-pyrrole nitrogens is 1. The third-order valence-electron chi connectivity index (χ3n) is 2.93. The van der Waals surface area contributed by atoms with Crippen molar-refractivity contribution in [3.05, 3.63) is 47.1 Å². The maximum absolute atomic E-state index is 13.4. The minimum atomic E-state index is -0.368. The molecule has 1 aromatic carbocycles. The molecule has 2 aromatic heterocycles. The number of rotatable bonds is 3. The van der Waals surface area contributed by atoms with Crippen LogP contribution in [0.15, 0.2) is 35.7 Å². The molecule has 0 unspecified atom stereocenters. The third-order valence-corrected chi connectivity index (χ3v) is 4.06. The fourth-order valence-electron chi connectivity index (χ4n) is 2.13. The van der Waals surface area contributed by atoms with E-state index < -0.39 is 0 Å². The minimum absolute atomic E-state index is 0.123. The summed E-state index contributed by atoms with van der Waals surface area (Å²) in [5, 5.41) is 2.50. The molecule has 0 bridgehead atoms. The van der Waals surface area contributed by atoms with Gasteiger partial charge in [-0.1, -0.05) is 6.07 Å². The van der Waals surface area contributed by atoms with Crippen LogP contribution in [0.5, 0.6) is 0 Å². The van der Waals surface area contributed by atoms with Crippen LogP contribution in [-0.2, 0) is 0 Å². The van der Waals surface area contributed by atoms with Crippen LogP contribution in [0.25, 0.3) is 21.5 Å². The van der Waals surface area contributed by atoms with Crippen molar-refractivity contribution in [2.45, 2.75) is 0 Å². The van der Waals surface area contributed by atoms with Gasteiger partial charge in [0.1, 0.15) is 5.82 Å². The van der Waals surface area contributed by atoms with Crippen LogP contribution < -0.4 is 0 Å². The van der Waals surface area contributed by atoms with E-state index in [0.717, 1.165) is 10.4 Å². The van der Waals surface area contributed by atoms with Crippen molar-refractivity contribution >= 4 is 39.6 Å². The van der Waals surface area contributed by atoms with Gasteiger partial charge in [-0.2, -0.15) is 0 Å². The van der Waals surface area contributed by atoms with Gasteiger partial charge in [0, 0.05) is 10.9 Å². The molecule has 5 heteroatoms. The highest BCUT2D eigenvalue weighted by atomic mass is 35.5. The topological polar surface area (TPSA) is 32.9 Å². The summed E-state index contributed by atoms with van der Waals surface area (Å²) in [5.74, 6) is -0.697. The average molecular weight is 294 g/mol. The van der Waals surface area contributed by atoms with Crippen molar-refractivity contribution in [3.63, 3.8) is 0 Å². The second-order valence-electron chi connectivity index (χ2n) is 4.10. The lowest BCUT2D eigenvalue weighted by Crippen LogP contribution is -2.01. The number of hydrogen-bond donors (Lipinski definition) is 1. The van der Waals surface area contributed by atoms with Gasteiger partial charge in [-0.3, -0.25) is 4.79 Å². The summed E-state index contributed by atoms with van der Waals surface area (Å²) < 4.78 is 13.4. The Kier molecular flexibility index (Phi) is 3.12. The van der Waals surface area contributed by atoms with E-state index in [9.17, 15) is 9.18 Å². The van der Waals surface area contributed by atoms with Gasteiger partial charge in [0.2, 0.25) is 0 Å². The predicted molar refractivity (Wildman–Crippen MR) is 76.6 cm³/mol. The van der Waals surface area contributed by atoms with Gasteiger partial charge in [0.25, 0.3) is 0 Å². The quantitative estimate of drug-likeness (QED) is 0.561. The van der Waals surface area contributed by atoms with Crippen LogP contribution in [0, 0.1) is 5.82 Å². The van der Waals surface area contributed by atoms with Gasteiger partial charge >= 0.3 is 0 Å². The number of hydrogen-bond acceptors (Lipinski definition) is 2. The van der Waals surface area contributed by atoms with Crippen LogP contribution in [0.4, 0.5) is 4.39 Å². The Bertz CT molecular complexity index is 748. The molecule has 0 aliphatic carbocycles. The molecule has 0 saturated carbocycles. The van der Waals surface area contributed by atoms with E-state index in [0.29, 0.717) is 16.6 Å². The molecule has 0 atom stereocenters. The fraction of sp³-hybridized carbons (Fsp3) is 0.0714. The van der Waals surface area contributed by atoms with Crippen molar-refractivity contribution in [1.29, 1.82) is 0 Å². The normalized spacial score (nSPS) is 11.1. The van der Waals surface area contributed by atoms with E-state index in [1.54, 1.807) is 6.07 Å². The number of ketones is 1. The number of benzene rings is 1. The summed E-state index contributed by atoms with van der Waals surface area (Å²) in [6.07, 6.45) is 0. The maximum atomic E-state index is 13.4. The second kappa shape index (κ2) is 4.79. The van der Waals surface area contributed by atoms with Crippen molar-refractivity contribution < 1.29 is 9.18 Å². The number of carbonyl (C=O) groups excluding carboxylic acids is 1. The number of alkyl halides is 1. The summed E-state index contributed by atoms with van der Waals surface area (Å²) in [6, 6.07) is 8.18. The molecule has 1 N–H and O–H groups in total. The second-order valence-corrected chi connectivity index (χ2v) is 5.31. The van der Waals surface area contributed by atoms with Gasteiger partial charge in [-0.15, -0.1) is 22.9 Å². The number of aromatic amines is 1. The van der Waals surface area contributed by atoms with Crippen LogP contribution in [0.1, 0.15) is 10.4 Å². The molecule has 0 spiro atoms. The average Bonchev–Trinajstić information content (AvgIpc) is 3.03. The first kappa shape index (κ1) is 12.4. The molecule has 19 heavy (non-hydrogen) atoms. The van der Waals surface area contributed by atoms with Crippen LogP contribution >= 0.6 is 22.9 Å². The van der Waals surface area contributed by atoms with E-state index in [4.69, 9.17) is 11.6 Å². The number of fused-ring (bicyclic) bond motifs is 1. The summed E-state index contributed by atoms with van der Waals surface area (Å²) in [4.78, 5) is 16.2. The minimum Gasteiger partial charge on any atom is -0.353 e. The van der Waals surface area contributed by atoms with E-state index in [1.165, 1.54) is 23.5 Å². The molecule has 0 amide bonds. The molecule has 0 aliphatic rings. The Morgan fingerprint density at radius 3 is 2.89 bits per heavy atom. The summed E-state index contributed by atoms with van der Waals surface area (Å²) in [6.45, 7) is 0. The first-order valence-electron chi connectivity index (χ1n) is 5.65. The molecule has 2 heterocycles. The van der Waals surface area contributed by atoms with E-state index in [-0.39, 0.29) is 17.5 Å². The summed E-state index contributed by atoms with van der Waals surface area (Å²) in [5.41, 5.74) is 1.91. The number of halogens is 2. The van der Waals surface area contributed by atoms with Gasteiger partial charge in [0.05, 0.1) is 22.0 Å². The first-order valence-corrected chi connectivity index (χ1v) is 7.06. The van der Waals surface area contributed by atoms with Crippen LogP contribution in [0.3, 0.4) is 0 Å². The molecular weight excluding hydrogens is 285 g/mol. The largest absolute Gasteiger partial charge is 0.353 e. The zero-order valence-electron chi connectivity index (χ0n) is 9.74. The Morgan fingerprint density at radius 1 is 1.37 bits per heavy atom. The van der Waals surface area contributed by atoms with Crippen LogP contribution in [-0.4, -0.2) is 16.6 Å². The monoisotopic (exact) mass is 293 g/mol. The Labute approximate surface area is 117 Å². The van der Waals surface area contributed by atoms with E-state index in [2.05, 4.69) is 4.98 Å². The predicted octanol–water partition coefficient (Wildman–Crippen LogP) is 4.46. The Morgan fingerprint density at radius 2 is 2.21 bits per heavy atom. The number of carbonyl (C=O) groups is 1. The smallest absolute Gasteiger partial charge is 0.180 e. The molecule has 96 valence electrons. The van der Waals surface area contributed by atoms with E-state index >= 15 is 0 Å². The summed E-state index contributed by atoms with van der Waals surface area (Å²) in [7, 11) is 0. The molecule has 0 saturated heterocycles. The molecule has 3 rings (SSSR count). The highest BCUT2D eigenvalue weighted by Gasteiger charge is 2.19. The Hall–Kier alpha value is -1.65. The zero-order valence-corrected chi connectivity index (χ0v) is 11.3. The standard InChI is InChI=1S/C14H9ClFNOS/c15-7-11(18)13-9-6-8(16)3-4-10(9)17-14(13)12-2-1-5-19-12/h1-6,17H,7H2. The number of Topliss-reactive ketones (excluding diaryl/α,β-unsaturated/α-hetero) is 1. The number of nitrogens with one attached hydrogen (secondary N) is 1. The Balaban J connectivity index is 2.35. The van der Waals surface area contributed by atoms with Gasteiger partial charge < -0.3 is 4.98 Å². The number of thiophene rings is 1. The summed E-state index contributed by atoms with van der Waals surface area (Å²) >= 11 is 7.18. The lowest BCUT2D eigenvalue weighted by atomic mass is 10.1. The lowest BCUT2D eigenvalue weighted by Gasteiger charge is -1.99. The van der Waals surface area contributed by atoms with E-state index in [1.807, 2.05) is 17.5 Å². The number of aromatic nitrogens is 1. The molecular formula is C14H9ClFNOS. The van der Waals surface area contributed by atoms with Crippen molar-refractivity contribution in [1.82, 2.24) is 4.98 Å². The SMILES string of the molecule is O=C(CCl)c1c(-c2cccs2)[nH]c2ccc(F)cc12. The van der Waals surface area contributed by atoms with Gasteiger partial charge in [0.15, 0.2) is 5.78 Å². The zero-order chi connectivity index (χ0) is 13.4. The third kappa shape index (κ3) is 2.07. The highest BCUT2D eigenvalue weighted by molar-refractivity contribution is 7.13. The fourth-order valence-corrected chi connectivity index (χ4v) is 2.99. The van der Waals surface area contributed by atoms with Crippen molar-refractivity contribution in [3.8, 4) is 10.6 Å². The first-order chi connectivity index (χ1) is 9.20. The lowest BCUT2D eigenvalue weighted by molar-refractivity contribution is 0.102. The molecule has 0 aliphatic heterocycles. The van der Waals surface area contributed by atoms with Gasteiger partial charge in [-0.25, -0.2) is 4.39 Å². The molecule has 2 nitrogen and oxygen atoms in total. The van der Waals surface area contributed by atoms with Crippen LogP contribution in [0.2, 0.25) is 0 Å². The van der Waals surface area contributed by atoms with Crippen molar-refractivity contribution in [2.24, 2.45) is 0 Å².